The number of rotatable bonds is 7. The van der Waals surface area contributed by atoms with Gasteiger partial charge in [0, 0.05) is 24.7 Å². The van der Waals surface area contributed by atoms with E-state index in [2.05, 4.69) is 5.32 Å². The number of hydrogen-bond acceptors (Lipinski definition) is 4. The first-order valence-corrected chi connectivity index (χ1v) is 11.4. The molecule has 156 valence electrons. The van der Waals surface area contributed by atoms with Gasteiger partial charge in [-0.2, -0.15) is 4.31 Å². The number of nitrogens with one attached hydrogen (secondary N) is 1. The Morgan fingerprint density at radius 2 is 1.86 bits per heavy atom. The lowest BCUT2D eigenvalue weighted by molar-refractivity contribution is -0.117. The van der Waals surface area contributed by atoms with Crippen molar-refractivity contribution in [2.24, 2.45) is 0 Å². The molecular formula is C22H28N2O4S. The van der Waals surface area contributed by atoms with Crippen LogP contribution in [-0.4, -0.2) is 38.3 Å². The predicted octanol–water partition coefficient (Wildman–Crippen LogP) is 3.83. The van der Waals surface area contributed by atoms with E-state index in [-0.39, 0.29) is 23.3 Å². The molecule has 0 saturated carbocycles. The van der Waals surface area contributed by atoms with Gasteiger partial charge in [-0.05, 0) is 55.2 Å². The smallest absolute Gasteiger partial charge is 0.243 e. The van der Waals surface area contributed by atoms with E-state index in [1.54, 1.807) is 31.4 Å². The second kappa shape index (κ2) is 9.41. The molecule has 0 unspecified atom stereocenters. The van der Waals surface area contributed by atoms with Gasteiger partial charge in [0.05, 0.1) is 12.0 Å². The molecule has 0 radical (unpaired) electrons. The third kappa shape index (κ3) is 4.97. The lowest BCUT2D eigenvalue weighted by Gasteiger charge is -2.34. The third-order valence-corrected chi connectivity index (χ3v) is 7.30. The van der Waals surface area contributed by atoms with Gasteiger partial charge in [0.15, 0.2) is 0 Å². The van der Waals surface area contributed by atoms with Crippen molar-refractivity contribution in [2.45, 2.75) is 50.0 Å². The van der Waals surface area contributed by atoms with E-state index in [9.17, 15) is 13.2 Å². The maximum Gasteiger partial charge on any atom is 0.243 e. The van der Waals surface area contributed by atoms with Crippen LogP contribution < -0.4 is 10.1 Å². The fourth-order valence-corrected chi connectivity index (χ4v) is 5.44. The van der Waals surface area contributed by atoms with Crippen LogP contribution in [-0.2, 0) is 21.2 Å². The Balaban J connectivity index is 1.75. The number of hydrogen-bond donors (Lipinski definition) is 1. The lowest BCUT2D eigenvalue weighted by atomic mass is 10.0. The highest BCUT2D eigenvalue weighted by atomic mass is 32.2. The summed E-state index contributed by atoms with van der Waals surface area (Å²) in [7, 11) is -2.13. The molecule has 0 spiro atoms. The Kier molecular flexibility index (Phi) is 6.92. The minimum absolute atomic E-state index is 0.146. The Bertz CT molecular complexity index is 942. The Morgan fingerprint density at radius 1 is 1.14 bits per heavy atom. The fraction of sp³-hybridized carbons (Fsp3) is 0.409. The van der Waals surface area contributed by atoms with E-state index >= 15 is 0 Å². The normalized spacial score (nSPS) is 17.7. The highest BCUT2D eigenvalue weighted by Crippen LogP contribution is 2.28. The monoisotopic (exact) mass is 416 g/mol. The summed E-state index contributed by atoms with van der Waals surface area (Å²) < 4.78 is 33.0. The molecule has 7 heteroatoms. The first kappa shape index (κ1) is 21.3. The van der Waals surface area contributed by atoms with Crippen molar-refractivity contribution in [1.29, 1.82) is 0 Å². The molecule has 1 saturated heterocycles. The van der Waals surface area contributed by atoms with Crippen molar-refractivity contribution in [3.05, 3.63) is 54.1 Å². The average molecular weight is 417 g/mol. The van der Waals surface area contributed by atoms with Crippen LogP contribution in [0.1, 0.15) is 38.2 Å². The van der Waals surface area contributed by atoms with Crippen LogP contribution in [0.5, 0.6) is 5.75 Å². The average Bonchev–Trinajstić information content (AvgIpc) is 2.74. The summed E-state index contributed by atoms with van der Waals surface area (Å²) in [5.74, 6) is 0.445. The first-order valence-electron chi connectivity index (χ1n) is 9.99. The Hall–Kier alpha value is -2.38. The summed E-state index contributed by atoms with van der Waals surface area (Å²) in [5, 5.41) is 2.96. The standard InChI is InChI=1S/C22H28N2O4S/c1-3-17-8-4-5-10-21(17)23-22(25)16-18-9-6-7-15-24(18)29(26,27)20-13-11-19(28-2)12-14-20/h4-5,8,10-14,18H,3,6-7,9,15-16H2,1-2H3,(H,23,25)/t18-/m1/s1. The van der Waals surface area contributed by atoms with Crippen molar-refractivity contribution < 1.29 is 17.9 Å². The number of carbonyl (C=O) groups excluding carboxylic acids is 1. The molecule has 29 heavy (non-hydrogen) atoms. The van der Waals surface area contributed by atoms with Gasteiger partial charge in [-0.3, -0.25) is 4.79 Å². The number of ether oxygens (including phenoxy) is 1. The van der Waals surface area contributed by atoms with Crippen LogP contribution in [0.15, 0.2) is 53.4 Å². The molecule has 0 aliphatic carbocycles. The number of anilines is 1. The van der Waals surface area contributed by atoms with Gasteiger partial charge in [0.25, 0.3) is 0 Å². The number of para-hydroxylation sites is 1. The maximum atomic E-state index is 13.2. The molecular weight excluding hydrogens is 388 g/mol. The lowest BCUT2D eigenvalue weighted by Crippen LogP contribution is -2.45. The highest BCUT2D eigenvalue weighted by molar-refractivity contribution is 7.89. The van der Waals surface area contributed by atoms with E-state index in [0.717, 1.165) is 30.5 Å². The van der Waals surface area contributed by atoms with Gasteiger partial charge < -0.3 is 10.1 Å². The van der Waals surface area contributed by atoms with Gasteiger partial charge in [-0.15, -0.1) is 0 Å². The van der Waals surface area contributed by atoms with Crippen LogP contribution in [0.2, 0.25) is 0 Å². The van der Waals surface area contributed by atoms with Gasteiger partial charge in [0.2, 0.25) is 15.9 Å². The summed E-state index contributed by atoms with van der Waals surface area (Å²) in [5.41, 5.74) is 1.85. The van der Waals surface area contributed by atoms with Crippen LogP contribution in [0.25, 0.3) is 0 Å². The summed E-state index contributed by atoms with van der Waals surface area (Å²) in [6, 6.07) is 13.7. The summed E-state index contributed by atoms with van der Waals surface area (Å²) >= 11 is 0. The molecule has 1 aliphatic heterocycles. The third-order valence-electron chi connectivity index (χ3n) is 5.33. The van der Waals surface area contributed by atoms with Crippen molar-refractivity contribution in [1.82, 2.24) is 4.31 Å². The molecule has 0 bridgehead atoms. The molecule has 1 atom stereocenters. The van der Waals surface area contributed by atoms with E-state index in [0.29, 0.717) is 18.7 Å². The van der Waals surface area contributed by atoms with Crippen LogP contribution in [0.4, 0.5) is 5.69 Å². The zero-order valence-electron chi connectivity index (χ0n) is 16.9. The van der Waals surface area contributed by atoms with E-state index < -0.39 is 10.0 Å². The van der Waals surface area contributed by atoms with E-state index in [4.69, 9.17) is 4.74 Å². The van der Waals surface area contributed by atoms with E-state index in [1.807, 2.05) is 31.2 Å². The molecule has 1 amide bonds. The second-order valence-corrected chi connectivity index (χ2v) is 9.09. The number of piperidine rings is 1. The molecule has 6 nitrogen and oxygen atoms in total. The number of benzene rings is 2. The van der Waals surface area contributed by atoms with Crippen LogP contribution >= 0.6 is 0 Å². The number of carbonyl (C=O) groups is 1. The number of aryl methyl sites for hydroxylation is 1. The van der Waals surface area contributed by atoms with Crippen LogP contribution in [0.3, 0.4) is 0 Å². The molecule has 2 aromatic carbocycles. The highest BCUT2D eigenvalue weighted by Gasteiger charge is 2.34. The fourth-order valence-electron chi connectivity index (χ4n) is 3.74. The van der Waals surface area contributed by atoms with Crippen molar-refractivity contribution in [3.63, 3.8) is 0 Å². The molecule has 2 aromatic rings. The molecule has 1 heterocycles. The molecule has 0 aromatic heterocycles. The van der Waals surface area contributed by atoms with Gasteiger partial charge in [0.1, 0.15) is 5.75 Å². The number of methoxy groups -OCH3 is 1. The summed E-state index contributed by atoms with van der Waals surface area (Å²) in [6.45, 7) is 2.47. The molecule has 3 rings (SSSR count). The summed E-state index contributed by atoms with van der Waals surface area (Å²) in [6.07, 6.45) is 3.35. The zero-order chi connectivity index (χ0) is 20.9. The molecule has 1 aliphatic rings. The zero-order valence-corrected chi connectivity index (χ0v) is 17.7. The summed E-state index contributed by atoms with van der Waals surface area (Å²) in [4.78, 5) is 12.9. The maximum absolute atomic E-state index is 13.2. The topological polar surface area (TPSA) is 75.7 Å². The predicted molar refractivity (Wildman–Crippen MR) is 114 cm³/mol. The van der Waals surface area contributed by atoms with Crippen LogP contribution in [0, 0.1) is 0 Å². The van der Waals surface area contributed by atoms with E-state index in [1.165, 1.54) is 4.31 Å². The van der Waals surface area contributed by atoms with Gasteiger partial charge in [-0.25, -0.2) is 8.42 Å². The van der Waals surface area contributed by atoms with Crippen molar-refractivity contribution in [2.75, 3.05) is 19.0 Å². The first-order chi connectivity index (χ1) is 14.0. The Labute approximate surface area is 172 Å². The number of nitrogens with zero attached hydrogens (tertiary/aromatic N) is 1. The Morgan fingerprint density at radius 3 is 2.55 bits per heavy atom. The van der Waals surface area contributed by atoms with Crippen molar-refractivity contribution >= 4 is 21.6 Å². The van der Waals surface area contributed by atoms with Gasteiger partial charge >= 0.3 is 0 Å². The minimum atomic E-state index is -3.67. The quantitative estimate of drug-likeness (QED) is 0.744. The SMILES string of the molecule is CCc1ccccc1NC(=O)C[C@H]1CCCCN1S(=O)(=O)c1ccc(OC)cc1. The molecule has 1 fully saturated rings. The number of amides is 1. The second-order valence-electron chi connectivity index (χ2n) is 7.20. The molecule has 1 N–H and O–H groups in total. The van der Waals surface area contributed by atoms with Gasteiger partial charge in [-0.1, -0.05) is 31.5 Å². The minimum Gasteiger partial charge on any atom is -0.497 e. The van der Waals surface area contributed by atoms with Crippen molar-refractivity contribution in [3.8, 4) is 5.75 Å². The number of sulfonamides is 1. The largest absolute Gasteiger partial charge is 0.497 e.